The summed E-state index contributed by atoms with van der Waals surface area (Å²) in [5.74, 6) is -0.0998. The van der Waals surface area contributed by atoms with Gasteiger partial charge in [0.05, 0.1) is 19.3 Å². The molecule has 1 heterocycles. The molecule has 0 spiro atoms. The zero-order valence-corrected chi connectivity index (χ0v) is 16.2. The fraction of sp³-hybridized carbons (Fsp3) is 0.529. The van der Waals surface area contributed by atoms with Gasteiger partial charge in [0.2, 0.25) is 5.91 Å². The first-order valence-corrected chi connectivity index (χ1v) is 9.04. The Labute approximate surface area is 155 Å². The second-order valence-corrected chi connectivity index (χ2v) is 7.64. The van der Waals surface area contributed by atoms with Gasteiger partial charge in [-0.3, -0.25) is 9.69 Å². The summed E-state index contributed by atoms with van der Waals surface area (Å²) in [5.41, 5.74) is 1.74. The van der Waals surface area contributed by atoms with Crippen LogP contribution in [0, 0.1) is 16.4 Å². The summed E-state index contributed by atoms with van der Waals surface area (Å²) in [6.45, 7) is 6.24. The van der Waals surface area contributed by atoms with Gasteiger partial charge >= 0.3 is 6.09 Å². The molecule has 24 heavy (non-hydrogen) atoms. The molecule has 0 aliphatic carbocycles. The summed E-state index contributed by atoms with van der Waals surface area (Å²) in [7, 11) is 0. The molecule has 1 saturated heterocycles. The van der Waals surface area contributed by atoms with Crippen LogP contribution in [0.4, 0.5) is 10.5 Å². The van der Waals surface area contributed by atoms with Crippen molar-refractivity contribution >= 4 is 40.3 Å². The zero-order chi connectivity index (χ0) is 17.9. The first-order valence-electron chi connectivity index (χ1n) is 7.96. The number of benzene rings is 1. The normalized spacial score (nSPS) is 20.3. The van der Waals surface area contributed by atoms with Crippen LogP contribution in [0.1, 0.15) is 25.8 Å². The molecule has 132 valence electrons. The monoisotopic (exact) mass is 446 g/mol. The number of nitrogens with one attached hydrogen (secondary N) is 1. The SMILES string of the molecule is Cc1cc(NC(=O)[C@@H]2C[C@H](O)CN2C(=O)OCC(C)C)ccc1I. The fourth-order valence-electron chi connectivity index (χ4n) is 2.53. The van der Waals surface area contributed by atoms with Crippen molar-refractivity contribution in [3.63, 3.8) is 0 Å². The molecule has 0 unspecified atom stereocenters. The molecule has 1 aliphatic rings. The van der Waals surface area contributed by atoms with E-state index in [1.807, 2.05) is 39.0 Å². The summed E-state index contributed by atoms with van der Waals surface area (Å²) < 4.78 is 6.31. The van der Waals surface area contributed by atoms with Crippen LogP contribution in [-0.2, 0) is 9.53 Å². The molecule has 2 atom stereocenters. The van der Waals surface area contributed by atoms with Gasteiger partial charge in [0.1, 0.15) is 6.04 Å². The Kier molecular flexibility index (Phi) is 6.45. The van der Waals surface area contributed by atoms with Gasteiger partial charge < -0.3 is 15.2 Å². The van der Waals surface area contributed by atoms with Crippen LogP contribution in [-0.4, -0.2) is 47.3 Å². The number of hydrogen-bond donors (Lipinski definition) is 2. The highest BCUT2D eigenvalue weighted by molar-refractivity contribution is 14.1. The number of aliphatic hydroxyl groups excluding tert-OH is 1. The molecule has 1 aromatic rings. The third kappa shape index (κ3) is 4.83. The number of hydrogen-bond acceptors (Lipinski definition) is 4. The first kappa shape index (κ1) is 19.0. The van der Waals surface area contributed by atoms with Crippen molar-refractivity contribution in [1.29, 1.82) is 0 Å². The third-order valence-electron chi connectivity index (χ3n) is 3.78. The summed E-state index contributed by atoms with van der Waals surface area (Å²) >= 11 is 2.23. The molecule has 2 rings (SSSR count). The van der Waals surface area contributed by atoms with Crippen LogP contribution < -0.4 is 5.32 Å². The number of nitrogens with zero attached hydrogens (tertiary/aromatic N) is 1. The molecule has 1 fully saturated rings. The Bertz CT molecular complexity index is 621. The lowest BCUT2D eigenvalue weighted by molar-refractivity contribution is -0.120. The molecular weight excluding hydrogens is 423 g/mol. The summed E-state index contributed by atoms with van der Waals surface area (Å²) in [5, 5.41) is 12.7. The van der Waals surface area contributed by atoms with Gasteiger partial charge in [-0.2, -0.15) is 0 Å². The number of amides is 2. The number of aryl methyl sites for hydroxylation is 1. The minimum Gasteiger partial charge on any atom is -0.449 e. The number of rotatable bonds is 4. The van der Waals surface area contributed by atoms with Crippen molar-refractivity contribution < 1.29 is 19.4 Å². The quantitative estimate of drug-likeness (QED) is 0.698. The molecule has 0 bridgehead atoms. The largest absolute Gasteiger partial charge is 0.449 e. The van der Waals surface area contributed by atoms with Gasteiger partial charge in [0.15, 0.2) is 0 Å². The van der Waals surface area contributed by atoms with E-state index >= 15 is 0 Å². The van der Waals surface area contributed by atoms with Crippen molar-refractivity contribution in [2.24, 2.45) is 5.92 Å². The Morgan fingerprint density at radius 1 is 1.46 bits per heavy atom. The zero-order valence-electron chi connectivity index (χ0n) is 14.1. The van der Waals surface area contributed by atoms with Gasteiger partial charge in [-0.25, -0.2) is 4.79 Å². The van der Waals surface area contributed by atoms with E-state index in [0.29, 0.717) is 5.69 Å². The van der Waals surface area contributed by atoms with E-state index in [1.165, 1.54) is 4.90 Å². The van der Waals surface area contributed by atoms with E-state index in [1.54, 1.807) is 0 Å². The van der Waals surface area contributed by atoms with E-state index in [4.69, 9.17) is 4.74 Å². The van der Waals surface area contributed by atoms with Crippen LogP contribution in [0.15, 0.2) is 18.2 Å². The van der Waals surface area contributed by atoms with Crippen LogP contribution in [0.5, 0.6) is 0 Å². The molecule has 0 aromatic heterocycles. The highest BCUT2D eigenvalue weighted by atomic mass is 127. The topological polar surface area (TPSA) is 78.9 Å². The fourth-order valence-corrected chi connectivity index (χ4v) is 2.87. The van der Waals surface area contributed by atoms with Crippen LogP contribution in [0.25, 0.3) is 0 Å². The van der Waals surface area contributed by atoms with E-state index in [2.05, 4.69) is 27.9 Å². The molecule has 1 aliphatic heterocycles. The molecule has 0 radical (unpaired) electrons. The van der Waals surface area contributed by atoms with Gasteiger partial charge in [0.25, 0.3) is 0 Å². The van der Waals surface area contributed by atoms with Gasteiger partial charge in [-0.15, -0.1) is 0 Å². The summed E-state index contributed by atoms with van der Waals surface area (Å²) in [4.78, 5) is 26.0. The van der Waals surface area contributed by atoms with Crippen LogP contribution in [0.3, 0.4) is 0 Å². The van der Waals surface area contributed by atoms with Crippen LogP contribution >= 0.6 is 22.6 Å². The molecule has 1 aromatic carbocycles. The lowest BCUT2D eigenvalue weighted by Crippen LogP contribution is -2.43. The molecule has 2 amide bonds. The number of β-amino-alcohol motifs (C(OH)–C–C–N with tert-alkyl or cyclic N) is 1. The minimum atomic E-state index is -0.723. The smallest absolute Gasteiger partial charge is 0.410 e. The van der Waals surface area contributed by atoms with Crippen molar-refractivity contribution in [3.8, 4) is 0 Å². The maximum Gasteiger partial charge on any atom is 0.410 e. The van der Waals surface area contributed by atoms with Gasteiger partial charge in [0, 0.05) is 15.7 Å². The van der Waals surface area contributed by atoms with Gasteiger partial charge in [-0.1, -0.05) is 13.8 Å². The van der Waals surface area contributed by atoms with Gasteiger partial charge in [-0.05, 0) is 59.2 Å². The van der Waals surface area contributed by atoms with Crippen molar-refractivity contribution in [3.05, 3.63) is 27.3 Å². The average molecular weight is 446 g/mol. The summed E-state index contributed by atoms with van der Waals surface area (Å²) in [6.07, 6.45) is -1.06. The lowest BCUT2D eigenvalue weighted by atomic mass is 10.1. The Balaban J connectivity index is 2.05. The second kappa shape index (κ2) is 8.15. The molecule has 6 nitrogen and oxygen atoms in total. The Morgan fingerprint density at radius 2 is 2.17 bits per heavy atom. The maximum atomic E-state index is 12.5. The predicted octanol–water partition coefficient (Wildman–Crippen LogP) is 2.77. The highest BCUT2D eigenvalue weighted by Crippen LogP contribution is 2.22. The van der Waals surface area contributed by atoms with E-state index in [0.717, 1.165) is 9.13 Å². The molecule has 0 saturated carbocycles. The molecule has 2 N–H and O–H groups in total. The van der Waals surface area contributed by atoms with Crippen molar-refractivity contribution in [2.45, 2.75) is 39.3 Å². The number of ether oxygens (including phenoxy) is 1. The lowest BCUT2D eigenvalue weighted by Gasteiger charge is -2.23. The number of anilines is 1. The first-order chi connectivity index (χ1) is 11.3. The van der Waals surface area contributed by atoms with Crippen LogP contribution in [0.2, 0.25) is 0 Å². The number of halogens is 1. The highest BCUT2D eigenvalue weighted by Gasteiger charge is 2.39. The number of likely N-dealkylation sites (tertiary alicyclic amines) is 1. The number of carbonyl (C=O) groups excluding carboxylic acids is 2. The second-order valence-electron chi connectivity index (χ2n) is 6.48. The average Bonchev–Trinajstić information content (AvgIpc) is 2.90. The Morgan fingerprint density at radius 3 is 2.79 bits per heavy atom. The van der Waals surface area contributed by atoms with E-state index in [9.17, 15) is 14.7 Å². The number of carbonyl (C=O) groups is 2. The van der Waals surface area contributed by atoms with E-state index < -0.39 is 18.2 Å². The Hall–Kier alpha value is -1.35. The summed E-state index contributed by atoms with van der Waals surface area (Å²) in [6, 6.07) is 4.90. The maximum absolute atomic E-state index is 12.5. The molecular formula is C17H23IN2O4. The molecule has 7 heteroatoms. The minimum absolute atomic E-state index is 0.112. The standard InChI is InChI=1S/C17H23IN2O4/c1-10(2)9-24-17(23)20-8-13(21)7-15(20)16(22)19-12-4-5-14(18)11(3)6-12/h4-6,10,13,15,21H,7-9H2,1-3H3,(H,19,22)/t13-,15-/m0/s1. The predicted molar refractivity (Wildman–Crippen MR) is 99.8 cm³/mol. The van der Waals surface area contributed by atoms with Crippen molar-refractivity contribution in [1.82, 2.24) is 4.90 Å². The third-order valence-corrected chi connectivity index (χ3v) is 4.99. The van der Waals surface area contributed by atoms with E-state index in [-0.39, 0.29) is 31.4 Å². The van der Waals surface area contributed by atoms with Crippen molar-refractivity contribution in [2.75, 3.05) is 18.5 Å². The number of aliphatic hydroxyl groups is 1.